The van der Waals surface area contributed by atoms with Crippen LogP contribution in [-0.2, 0) is 4.74 Å². The maximum Gasteiger partial charge on any atom is 0.156 e. The van der Waals surface area contributed by atoms with E-state index in [4.69, 9.17) is 15.7 Å². The highest BCUT2D eigenvalue weighted by molar-refractivity contribution is 5.84. The van der Waals surface area contributed by atoms with Gasteiger partial charge in [0.1, 0.15) is 0 Å². The van der Waals surface area contributed by atoms with E-state index in [9.17, 15) is 0 Å². The standard InChI is InChI=1S/C9H19N3O2/c1-3-8-6-14-5-4-12(8)7(2)9(10)11-13/h7-8,13H,3-6H2,1-2H3,(H2,10,11). The summed E-state index contributed by atoms with van der Waals surface area (Å²) in [5.41, 5.74) is 5.58. The molecule has 1 saturated heterocycles. The molecule has 0 aliphatic carbocycles. The first kappa shape index (κ1) is 11.3. The Morgan fingerprint density at radius 2 is 2.50 bits per heavy atom. The third-order valence-electron chi connectivity index (χ3n) is 2.79. The average Bonchev–Trinajstić information content (AvgIpc) is 2.26. The highest BCUT2D eigenvalue weighted by Crippen LogP contribution is 2.13. The van der Waals surface area contributed by atoms with Crippen LogP contribution in [0, 0.1) is 0 Å². The zero-order chi connectivity index (χ0) is 10.6. The van der Waals surface area contributed by atoms with E-state index in [0.717, 1.165) is 26.2 Å². The van der Waals surface area contributed by atoms with Gasteiger partial charge in [0.15, 0.2) is 5.84 Å². The summed E-state index contributed by atoms with van der Waals surface area (Å²) >= 11 is 0. The van der Waals surface area contributed by atoms with Crippen LogP contribution in [0.2, 0.25) is 0 Å². The monoisotopic (exact) mass is 201 g/mol. The summed E-state index contributed by atoms with van der Waals surface area (Å²) in [6.45, 7) is 6.36. The minimum atomic E-state index is -0.0196. The lowest BCUT2D eigenvalue weighted by Crippen LogP contribution is -2.53. The molecule has 0 amide bonds. The molecule has 2 unspecified atom stereocenters. The molecule has 2 atom stereocenters. The zero-order valence-electron chi connectivity index (χ0n) is 8.81. The largest absolute Gasteiger partial charge is 0.409 e. The Morgan fingerprint density at radius 1 is 1.79 bits per heavy atom. The van der Waals surface area contributed by atoms with Gasteiger partial charge in [-0.3, -0.25) is 4.90 Å². The van der Waals surface area contributed by atoms with Crippen LogP contribution in [0.25, 0.3) is 0 Å². The first-order chi connectivity index (χ1) is 6.70. The van der Waals surface area contributed by atoms with E-state index in [1.807, 2.05) is 6.92 Å². The Labute approximate surface area is 84.5 Å². The summed E-state index contributed by atoms with van der Waals surface area (Å²) in [7, 11) is 0. The van der Waals surface area contributed by atoms with Gasteiger partial charge in [0, 0.05) is 12.6 Å². The Bertz CT molecular complexity index is 208. The van der Waals surface area contributed by atoms with Crippen molar-refractivity contribution < 1.29 is 9.94 Å². The second kappa shape index (κ2) is 5.17. The van der Waals surface area contributed by atoms with Crippen molar-refractivity contribution in [2.24, 2.45) is 10.9 Å². The van der Waals surface area contributed by atoms with Gasteiger partial charge in [0.2, 0.25) is 0 Å². The fraction of sp³-hybridized carbons (Fsp3) is 0.889. The van der Waals surface area contributed by atoms with Gasteiger partial charge in [-0.2, -0.15) is 0 Å². The predicted octanol–water partition coefficient (Wildman–Crippen LogP) is 0.232. The first-order valence-corrected chi connectivity index (χ1v) is 5.01. The number of rotatable bonds is 3. The molecule has 1 aliphatic heterocycles. The van der Waals surface area contributed by atoms with Crippen molar-refractivity contribution in [1.82, 2.24) is 4.90 Å². The normalized spacial score (nSPS) is 27.6. The fourth-order valence-electron chi connectivity index (χ4n) is 1.78. The summed E-state index contributed by atoms with van der Waals surface area (Å²) in [6.07, 6.45) is 1.02. The molecule has 5 nitrogen and oxygen atoms in total. The summed E-state index contributed by atoms with van der Waals surface area (Å²) in [5, 5.41) is 11.6. The van der Waals surface area contributed by atoms with E-state index in [1.165, 1.54) is 0 Å². The van der Waals surface area contributed by atoms with Gasteiger partial charge >= 0.3 is 0 Å². The summed E-state index contributed by atoms with van der Waals surface area (Å²) in [5.74, 6) is 0.269. The molecule has 0 aromatic rings. The van der Waals surface area contributed by atoms with Crippen LogP contribution in [0.4, 0.5) is 0 Å². The van der Waals surface area contributed by atoms with Crippen molar-refractivity contribution in [1.29, 1.82) is 0 Å². The fourth-order valence-corrected chi connectivity index (χ4v) is 1.78. The number of ether oxygens (including phenoxy) is 1. The lowest BCUT2D eigenvalue weighted by Gasteiger charge is -2.38. The highest BCUT2D eigenvalue weighted by Gasteiger charge is 2.27. The third-order valence-corrected chi connectivity index (χ3v) is 2.79. The number of morpholine rings is 1. The Kier molecular flexibility index (Phi) is 4.16. The van der Waals surface area contributed by atoms with E-state index in [0.29, 0.717) is 6.04 Å². The van der Waals surface area contributed by atoms with Crippen molar-refractivity contribution in [2.75, 3.05) is 19.8 Å². The molecule has 0 radical (unpaired) electrons. The maximum atomic E-state index is 8.60. The van der Waals surface area contributed by atoms with E-state index < -0.39 is 0 Å². The van der Waals surface area contributed by atoms with Crippen LogP contribution >= 0.6 is 0 Å². The molecule has 0 aromatic heterocycles. The minimum Gasteiger partial charge on any atom is -0.409 e. The van der Waals surface area contributed by atoms with E-state index in [2.05, 4.69) is 17.0 Å². The zero-order valence-corrected chi connectivity index (χ0v) is 8.81. The van der Waals surface area contributed by atoms with E-state index >= 15 is 0 Å². The Morgan fingerprint density at radius 3 is 3.07 bits per heavy atom. The maximum absolute atomic E-state index is 8.60. The van der Waals surface area contributed by atoms with Gasteiger partial charge in [0.25, 0.3) is 0 Å². The number of hydrogen-bond donors (Lipinski definition) is 2. The Balaban J connectivity index is 2.63. The quantitative estimate of drug-likeness (QED) is 0.297. The number of oxime groups is 1. The van der Waals surface area contributed by atoms with Crippen molar-refractivity contribution in [3.05, 3.63) is 0 Å². The molecule has 1 rings (SSSR count). The molecule has 0 spiro atoms. The molecular weight excluding hydrogens is 182 g/mol. The summed E-state index contributed by atoms with van der Waals surface area (Å²) < 4.78 is 5.38. The topological polar surface area (TPSA) is 71.1 Å². The van der Waals surface area contributed by atoms with Crippen LogP contribution in [0.5, 0.6) is 0 Å². The number of hydrogen-bond acceptors (Lipinski definition) is 4. The van der Waals surface area contributed by atoms with Crippen LogP contribution < -0.4 is 5.73 Å². The molecule has 14 heavy (non-hydrogen) atoms. The lowest BCUT2D eigenvalue weighted by molar-refractivity contribution is -0.0156. The SMILES string of the molecule is CCC1COCCN1C(C)C(N)=NO. The first-order valence-electron chi connectivity index (χ1n) is 5.01. The van der Waals surface area contributed by atoms with Crippen LogP contribution in [-0.4, -0.2) is 47.8 Å². The molecule has 1 aliphatic rings. The van der Waals surface area contributed by atoms with Gasteiger partial charge in [-0.1, -0.05) is 12.1 Å². The van der Waals surface area contributed by atoms with Crippen molar-refractivity contribution >= 4 is 5.84 Å². The van der Waals surface area contributed by atoms with Gasteiger partial charge in [-0.15, -0.1) is 0 Å². The van der Waals surface area contributed by atoms with Gasteiger partial charge < -0.3 is 15.7 Å². The number of nitrogens with two attached hydrogens (primary N) is 1. The molecule has 5 heteroatoms. The molecular formula is C9H19N3O2. The van der Waals surface area contributed by atoms with Gasteiger partial charge in [-0.05, 0) is 13.3 Å². The number of nitrogens with zero attached hydrogens (tertiary/aromatic N) is 2. The van der Waals surface area contributed by atoms with E-state index in [-0.39, 0.29) is 11.9 Å². The van der Waals surface area contributed by atoms with Crippen molar-refractivity contribution in [3.63, 3.8) is 0 Å². The minimum absolute atomic E-state index is 0.0196. The summed E-state index contributed by atoms with van der Waals surface area (Å²) in [4.78, 5) is 2.22. The Hall–Kier alpha value is -0.810. The van der Waals surface area contributed by atoms with Crippen LogP contribution in [0.3, 0.4) is 0 Å². The van der Waals surface area contributed by atoms with Gasteiger partial charge in [0.05, 0.1) is 19.3 Å². The molecule has 82 valence electrons. The summed E-state index contributed by atoms with van der Waals surface area (Å²) in [6, 6.07) is 0.355. The lowest BCUT2D eigenvalue weighted by atomic mass is 10.1. The van der Waals surface area contributed by atoms with Gasteiger partial charge in [-0.25, -0.2) is 0 Å². The van der Waals surface area contributed by atoms with E-state index in [1.54, 1.807) is 0 Å². The van der Waals surface area contributed by atoms with Crippen LogP contribution in [0.15, 0.2) is 5.16 Å². The average molecular weight is 201 g/mol. The molecule has 0 aromatic carbocycles. The second-order valence-corrected chi connectivity index (χ2v) is 3.58. The molecule has 3 N–H and O–H groups in total. The number of amidine groups is 1. The second-order valence-electron chi connectivity index (χ2n) is 3.58. The predicted molar refractivity (Wildman–Crippen MR) is 54.5 cm³/mol. The smallest absolute Gasteiger partial charge is 0.156 e. The molecule has 1 heterocycles. The molecule has 1 fully saturated rings. The van der Waals surface area contributed by atoms with Crippen molar-refractivity contribution in [2.45, 2.75) is 32.4 Å². The van der Waals surface area contributed by atoms with Crippen molar-refractivity contribution in [3.8, 4) is 0 Å². The third kappa shape index (κ3) is 2.36. The molecule has 0 bridgehead atoms. The van der Waals surface area contributed by atoms with Crippen LogP contribution in [0.1, 0.15) is 20.3 Å². The highest BCUT2D eigenvalue weighted by atomic mass is 16.5. The molecule has 0 saturated carbocycles.